The first-order chi connectivity index (χ1) is 15.9. The Morgan fingerprint density at radius 1 is 1.15 bits per heavy atom. The molecular weight excluding hydrogens is 468 g/mol. The van der Waals surface area contributed by atoms with Crippen LogP contribution in [0.3, 0.4) is 0 Å². The van der Waals surface area contributed by atoms with Gasteiger partial charge < -0.3 is 15.0 Å². The molecule has 0 aliphatic carbocycles. The monoisotopic (exact) mass is 491 g/mol. The Kier molecular flexibility index (Phi) is 7.07. The van der Waals surface area contributed by atoms with Gasteiger partial charge in [0.2, 0.25) is 5.91 Å². The quantitative estimate of drug-likeness (QED) is 0.556. The number of hydrogen-bond acceptors (Lipinski definition) is 5. The van der Waals surface area contributed by atoms with Crippen LogP contribution in [0.2, 0.25) is 10.0 Å². The second kappa shape index (κ2) is 9.99. The van der Waals surface area contributed by atoms with Crippen molar-refractivity contribution in [3.05, 3.63) is 58.5 Å². The van der Waals surface area contributed by atoms with Crippen LogP contribution < -0.4 is 15.0 Å². The third-order valence-electron chi connectivity index (χ3n) is 5.62. The van der Waals surface area contributed by atoms with E-state index >= 15 is 0 Å². The molecule has 0 bridgehead atoms. The average molecular weight is 492 g/mol. The number of carbonyl (C=O) groups is 1. The highest BCUT2D eigenvalue weighted by molar-refractivity contribution is 6.33. The highest BCUT2D eigenvalue weighted by Gasteiger charge is 2.22. The van der Waals surface area contributed by atoms with Gasteiger partial charge in [0.25, 0.3) is 0 Å². The van der Waals surface area contributed by atoms with Gasteiger partial charge in [-0.1, -0.05) is 23.2 Å². The van der Waals surface area contributed by atoms with Crippen LogP contribution in [0.4, 0.5) is 15.8 Å². The van der Waals surface area contributed by atoms with Crippen LogP contribution >= 0.6 is 23.2 Å². The Hall–Kier alpha value is -2.81. The molecule has 1 saturated heterocycles. The molecule has 1 aliphatic heterocycles. The fraction of sp³-hybridized carbons (Fsp3) is 0.304. The van der Waals surface area contributed by atoms with Gasteiger partial charge in [-0.15, -0.1) is 0 Å². The summed E-state index contributed by atoms with van der Waals surface area (Å²) >= 11 is 12.1. The zero-order valence-electron chi connectivity index (χ0n) is 18.3. The number of carbonyl (C=O) groups excluding carboxylic acids is 1. The normalized spacial score (nSPS) is 14.4. The summed E-state index contributed by atoms with van der Waals surface area (Å²) in [5.74, 6) is 0.162. The van der Waals surface area contributed by atoms with Crippen LogP contribution in [0.25, 0.3) is 11.3 Å². The number of anilines is 2. The number of benzene rings is 2. The minimum atomic E-state index is -0.336. The van der Waals surface area contributed by atoms with Crippen molar-refractivity contribution in [2.45, 2.75) is 0 Å². The van der Waals surface area contributed by atoms with Gasteiger partial charge in [-0.05, 0) is 36.4 Å². The summed E-state index contributed by atoms with van der Waals surface area (Å²) in [6, 6.07) is 10.1. The summed E-state index contributed by atoms with van der Waals surface area (Å²) in [6.45, 7) is 2.78. The van der Waals surface area contributed by atoms with Crippen molar-refractivity contribution in [1.82, 2.24) is 14.7 Å². The molecular formula is C23H24Cl2FN5O2. The van der Waals surface area contributed by atoms with Crippen molar-refractivity contribution >= 4 is 40.5 Å². The topological polar surface area (TPSA) is 62.6 Å². The maximum Gasteiger partial charge on any atom is 0.238 e. The molecule has 1 N–H and O–H groups in total. The lowest BCUT2D eigenvalue weighted by atomic mass is 10.1. The first-order valence-corrected chi connectivity index (χ1v) is 11.2. The highest BCUT2D eigenvalue weighted by Crippen LogP contribution is 2.36. The Balaban J connectivity index is 1.38. The van der Waals surface area contributed by atoms with E-state index < -0.39 is 0 Å². The van der Waals surface area contributed by atoms with Crippen molar-refractivity contribution in [2.75, 3.05) is 50.1 Å². The SMILES string of the molecule is COc1ccc(NC(=O)CN2CCN(c3ccc(Cl)cc3F)CC2)cc1-c1c(Cl)cnn1C. The molecule has 0 saturated carbocycles. The number of amides is 1. The fourth-order valence-electron chi connectivity index (χ4n) is 3.97. The summed E-state index contributed by atoms with van der Waals surface area (Å²) in [6.07, 6.45) is 1.57. The molecule has 3 aromatic rings. The first kappa shape index (κ1) is 23.4. The van der Waals surface area contributed by atoms with Crippen molar-refractivity contribution in [3.63, 3.8) is 0 Å². The summed E-state index contributed by atoms with van der Waals surface area (Å²) in [5, 5.41) is 7.99. The van der Waals surface area contributed by atoms with E-state index in [0.717, 1.165) is 5.56 Å². The smallest absolute Gasteiger partial charge is 0.238 e. The lowest BCUT2D eigenvalue weighted by molar-refractivity contribution is -0.117. The summed E-state index contributed by atoms with van der Waals surface area (Å²) in [5.41, 5.74) is 2.60. The molecule has 174 valence electrons. The first-order valence-electron chi connectivity index (χ1n) is 10.4. The van der Waals surface area contributed by atoms with Gasteiger partial charge in [-0.25, -0.2) is 4.39 Å². The van der Waals surface area contributed by atoms with Gasteiger partial charge in [0.1, 0.15) is 11.6 Å². The molecule has 0 spiro atoms. The minimum absolute atomic E-state index is 0.131. The van der Waals surface area contributed by atoms with E-state index in [-0.39, 0.29) is 18.3 Å². The molecule has 2 heterocycles. The minimum Gasteiger partial charge on any atom is -0.496 e. The molecule has 0 atom stereocenters. The lowest BCUT2D eigenvalue weighted by Gasteiger charge is -2.35. The Morgan fingerprint density at radius 3 is 2.55 bits per heavy atom. The Bertz CT molecular complexity index is 1140. The van der Waals surface area contributed by atoms with Crippen LogP contribution in [-0.4, -0.2) is 60.4 Å². The molecule has 4 rings (SSSR count). The Morgan fingerprint density at radius 2 is 1.91 bits per heavy atom. The van der Waals surface area contributed by atoms with Gasteiger partial charge in [0.05, 0.1) is 36.3 Å². The number of ether oxygens (including phenoxy) is 1. The molecule has 33 heavy (non-hydrogen) atoms. The molecule has 7 nitrogen and oxygen atoms in total. The van der Waals surface area contributed by atoms with Gasteiger partial charge in [-0.3, -0.25) is 14.4 Å². The van der Waals surface area contributed by atoms with Crippen LogP contribution in [0.15, 0.2) is 42.6 Å². The number of piperazine rings is 1. The number of aryl methyl sites for hydroxylation is 1. The van der Waals surface area contributed by atoms with Crippen molar-refractivity contribution < 1.29 is 13.9 Å². The number of rotatable bonds is 6. The second-order valence-corrected chi connectivity index (χ2v) is 8.63. The number of hydrogen-bond donors (Lipinski definition) is 1. The molecule has 1 fully saturated rings. The van der Waals surface area contributed by atoms with E-state index in [0.29, 0.717) is 59.0 Å². The lowest BCUT2D eigenvalue weighted by Crippen LogP contribution is -2.48. The van der Waals surface area contributed by atoms with E-state index in [1.54, 1.807) is 49.3 Å². The number of methoxy groups -OCH3 is 1. The molecule has 1 aliphatic rings. The van der Waals surface area contributed by atoms with E-state index in [2.05, 4.69) is 10.4 Å². The molecule has 10 heteroatoms. The van der Waals surface area contributed by atoms with Crippen LogP contribution in [0.5, 0.6) is 5.75 Å². The summed E-state index contributed by atoms with van der Waals surface area (Å²) in [7, 11) is 3.37. The highest BCUT2D eigenvalue weighted by atomic mass is 35.5. The van der Waals surface area contributed by atoms with Gasteiger partial charge in [0.15, 0.2) is 0 Å². The molecule has 1 aromatic heterocycles. The third kappa shape index (κ3) is 5.24. The molecule has 0 radical (unpaired) electrons. The molecule has 2 aromatic carbocycles. The number of aromatic nitrogens is 2. The van der Waals surface area contributed by atoms with Gasteiger partial charge in [0, 0.05) is 49.5 Å². The standard InChI is InChI=1S/C23H24Cl2FN5O2/c1-29-23(18(25)13-27-29)17-12-16(4-6-21(17)33-2)28-22(32)14-30-7-9-31(10-8-30)20-5-3-15(24)11-19(20)26/h3-6,11-13H,7-10,14H2,1-2H3,(H,28,32). The maximum atomic E-state index is 14.2. The van der Waals surface area contributed by atoms with E-state index in [1.165, 1.54) is 6.07 Å². The predicted octanol–water partition coefficient (Wildman–Crippen LogP) is 4.30. The zero-order chi connectivity index (χ0) is 23.5. The van der Waals surface area contributed by atoms with Crippen molar-refractivity contribution in [1.29, 1.82) is 0 Å². The Labute approximate surface area is 201 Å². The zero-order valence-corrected chi connectivity index (χ0v) is 19.8. The fourth-order valence-corrected chi connectivity index (χ4v) is 4.40. The van der Waals surface area contributed by atoms with Crippen molar-refractivity contribution in [2.24, 2.45) is 7.05 Å². The summed E-state index contributed by atoms with van der Waals surface area (Å²) in [4.78, 5) is 16.7. The van der Waals surface area contributed by atoms with E-state index in [4.69, 9.17) is 27.9 Å². The number of halogens is 3. The number of nitrogens with one attached hydrogen (secondary N) is 1. The average Bonchev–Trinajstić information content (AvgIpc) is 3.12. The van der Waals surface area contributed by atoms with E-state index in [1.807, 2.05) is 15.9 Å². The van der Waals surface area contributed by atoms with Gasteiger partial charge >= 0.3 is 0 Å². The van der Waals surface area contributed by atoms with Crippen LogP contribution in [0.1, 0.15) is 0 Å². The predicted molar refractivity (Wildman–Crippen MR) is 129 cm³/mol. The van der Waals surface area contributed by atoms with Gasteiger partial charge in [-0.2, -0.15) is 5.10 Å². The van der Waals surface area contributed by atoms with Crippen molar-refractivity contribution in [3.8, 4) is 17.0 Å². The summed E-state index contributed by atoms with van der Waals surface area (Å²) < 4.78 is 21.3. The molecule has 0 unspecified atom stereocenters. The van der Waals surface area contributed by atoms with Crippen LogP contribution in [0, 0.1) is 5.82 Å². The second-order valence-electron chi connectivity index (χ2n) is 7.79. The third-order valence-corrected chi connectivity index (χ3v) is 6.13. The van der Waals surface area contributed by atoms with E-state index in [9.17, 15) is 9.18 Å². The maximum absolute atomic E-state index is 14.2. The van der Waals surface area contributed by atoms with Crippen LogP contribution in [-0.2, 0) is 11.8 Å². The molecule has 1 amide bonds. The largest absolute Gasteiger partial charge is 0.496 e. The number of nitrogens with zero attached hydrogens (tertiary/aromatic N) is 4.